The smallest absolute Gasteiger partial charge is 0.325 e. The van der Waals surface area contributed by atoms with Gasteiger partial charge in [-0.2, -0.15) is 0 Å². The zero-order valence-corrected chi connectivity index (χ0v) is 11.7. The molecule has 0 aliphatic carbocycles. The SMILES string of the molecule is CCOc1ccc(C(NCCN(C)C)C(=O)O)cc1. The van der Waals surface area contributed by atoms with Gasteiger partial charge in [-0.25, -0.2) is 0 Å². The lowest BCUT2D eigenvalue weighted by Gasteiger charge is -2.17. The second kappa shape index (κ2) is 7.76. The Bertz CT molecular complexity index is 390. The molecule has 0 saturated heterocycles. The average molecular weight is 266 g/mol. The molecule has 0 amide bonds. The summed E-state index contributed by atoms with van der Waals surface area (Å²) >= 11 is 0. The van der Waals surface area contributed by atoms with E-state index in [-0.39, 0.29) is 0 Å². The van der Waals surface area contributed by atoms with Gasteiger partial charge in [-0.1, -0.05) is 12.1 Å². The zero-order valence-electron chi connectivity index (χ0n) is 11.7. The number of ether oxygens (including phenoxy) is 1. The van der Waals surface area contributed by atoms with Gasteiger partial charge in [-0.05, 0) is 38.7 Å². The topological polar surface area (TPSA) is 61.8 Å². The Morgan fingerprint density at radius 3 is 2.47 bits per heavy atom. The lowest BCUT2D eigenvalue weighted by Crippen LogP contribution is -2.33. The maximum atomic E-state index is 11.3. The number of hydrogen-bond acceptors (Lipinski definition) is 4. The Balaban J connectivity index is 2.67. The number of benzene rings is 1. The molecule has 5 nitrogen and oxygen atoms in total. The first-order chi connectivity index (χ1) is 9.04. The Hall–Kier alpha value is -1.59. The van der Waals surface area contributed by atoms with Crippen molar-refractivity contribution < 1.29 is 14.6 Å². The maximum absolute atomic E-state index is 11.3. The van der Waals surface area contributed by atoms with Gasteiger partial charge in [0, 0.05) is 13.1 Å². The standard InChI is InChI=1S/C14H22N2O3/c1-4-19-12-7-5-11(6-8-12)13(14(17)18)15-9-10-16(2)3/h5-8,13,15H,4,9-10H2,1-3H3,(H,17,18). The third kappa shape index (κ3) is 5.28. The van der Waals surface area contributed by atoms with E-state index in [0.717, 1.165) is 17.9 Å². The number of carboxylic acids is 1. The molecule has 0 aliphatic rings. The first-order valence-electron chi connectivity index (χ1n) is 6.38. The number of rotatable bonds is 8. The fraction of sp³-hybridized carbons (Fsp3) is 0.500. The summed E-state index contributed by atoms with van der Waals surface area (Å²) in [5.74, 6) is -0.119. The van der Waals surface area contributed by atoms with Crippen LogP contribution in [0.5, 0.6) is 5.75 Å². The fourth-order valence-corrected chi connectivity index (χ4v) is 1.70. The highest BCUT2D eigenvalue weighted by atomic mass is 16.5. The van der Waals surface area contributed by atoms with Crippen molar-refractivity contribution in [3.05, 3.63) is 29.8 Å². The van der Waals surface area contributed by atoms with Gasteiger partial charge in [0.25, 0.3) is 0 Å². The van der Waals surface area contributed by atoms with Crippen LogP contribution in [-0.2, 0) is 4.79 Å². The van der Waals surface area contributed by atoms with Crippen LogP contribution in [0.4, 0.5) is 0 Å². The maximum Gasteiger partial charge on any atom is 0.325 e. The molecule has 0 aromatic heterocycles. The van der Waals surface area contributed by atoms with Crippen LogP contribution in [0.3, 0.4) is 0 Å². The largest absolute Gasteiger partial charge is 0.494 e. The third-order valence-electron chi connectivity index (χ3n) is 2.68. The molecular formula is C14H22N2O3. The molecule has 0 bridgehead atoms. The molecule has 0 aliphatic heterocycles. The van der Waals surface area contributed by atoms with E-state index in [4.69, 9.17) is 4.74 Å². The highest BCUT2D eigenvalue weighted by Crippen LogP contribution is 2.18. The Labute approximate surface area is 114 Å². The molecular weight excluding hydrogens is 244 g/mol. The molecule has 19 heavy (non-hydrogen) atoms. The van der Waals surface area contributed by atoms with E-state index >= 15 is 0 Å². The fourth-order valence-electron chi connectivity index (χ4n) is 1.70. The molecule has 1 aromatic rings. The number of hydrogen-bond donors (Lipinski definition) is 2. The summed E-state index contributed by atoms with van der Waals surface area (Å²) < 4.78 is 5.34. The van der Waals surface area contributed by atoms with Crippen LogP contribution in [0.1, 0.15) is 18.5 Å². The van der Waals surface area contributed by atoms with E-state index in [0.29, 0.717) is 13.2 Å². The minimum atomic E-state index is -0.872. The van der Waals surface area contributed by atoms with Gasteiger partial charge < -0.3 is 14.7 Å². The highest BCUT2D eigenvalue weighted by Gasteiger charge is 2.18. The molecule has 1 atom stereocenters. The minimum Gasteiger partial charge on any atom is -0.494 e. The van der Waals surface area contributed by atoms with Gasteiger partial charge in [0.2, 0.25) is 0 Å². The molecule has 1 aromatic carbocycles. The number of likely N-dealkylation sites (N-methyl/N-ethyl adjacent to an activating group) is 1. The molecule has 0 radical (unpaired) electrons. The summed E-state index contributed by atoms with van der Waals surface area (Å²) in [6, 6.07) is 6.47. The second-order valence-electron chi connectivity index (χ2n) is 4.53. The van der Waals surface area contributed by atoms with Crippen molar-refractivity contribution in [2.45, 2.75) is 13.0 Å². The van der Waals surface area contributed by atoms with Crippen LogP contribution < -0.4 is 10.1 Å². The third-order valence-corrected chi connectivity index (χ3v) is 2.68. The minimum absolute atomic E-state index is 0.600. The predicted octanol–water partition coefficient (Wildman–Crippen LogP) is 1.36. The van der Waals surface area contributed by atoms with Crippen molar-refractivity contribution in [3.8, 4) is 5.75 Å². The van der Waals surface area contributed by atoms with Gasteiger partial charge in [0.15, 0.2) is 0 Å². The Morgan fingerprint density at radius 2 is 2.00 bits per heavy atom. The zero-order chi connectivity index (χ0) is 14.3. The highest BCUT2D eigenvalue weighted by molar-refractivity contribution is 5.75. The number of nitrogens with one attached hydrogen (secondary N) is 1. The summed E-state index contributed by atoms with van der Waals surface area (Å²) in [6.45, 7) is 3.93. The van der Waals surface area contributed by atoms with Gasteiger partial charge in [-0.15, -0.1) is 0 Å². The number of nitrogens with zero attached hydrogens (tertiary/aromatic N) is 1. The first-order valence-corrected chi connectivity index (χ1v) is 6.38. The molecule has 2 N–H and O–H groups in total. The van der Waals surface area contributed by atoms with E-state index < -0.39 is 12.0 Å². The van der Waals surface area contributed by atoms with E-state index in [1.54, 1.807) is 24.3 Å². The van der Waals surface area contributed by atoms with Crippen LogP contribution in [0.2, 0.25) is 0 Å². The first kappa shape index (κ1) is 15.5. The van der Waals surface area contributed by atoms with Crippen LogP contribution in [0, 0.1) is 0 Å². The van der Waals surface area contributed by atoms with Crippen molar-refractivity contribution in [3.63, 3.8) is 0 Å². The summed E-state index contributed by atoms with van der Waals surface area (Å²) in [7, 11) is 3.91. The van der Waals surface area contributed by atoms with Crippen LogP contribution in [0.15, 0.2) is 24.3 Å². The van der Waals surface area contributed by atoms with Crippen molar-refractivity contribution >= 4 is 5.97 Å². The monoisotopic (exact) mass is 266 g/mol. The van der Waals surface area contributed by atoms with Gasteiger partial charge in [0.1, 0.15) is 11.8 Å². The van der Waals surface area contributed by atoms with Crippen molar-refractivity contribution in [2.75, 3.05) is 33.8 Å². The van der Waals surface area contributed by atoms with Gasteiger partial charge in [-0.3, -0.25) is 10.1 Å². The van der Waals surface area contributed by atoms with Crippen LogP contribution >= 0.6 is 0 Å². The van der Waals surface area contributed by atoms with Crippen molar-refractivity contribution in [1.29, 1.82) is 0 Å². The summed E-state index contributed by atoms with van der Waals surface area (Å²) in [6.07, 6.45) is 0. The summed E-state index contributed by atoms with van der Waals surface area (Å²) in [5, 5.41) is 12.3. The van der Waals surface area contributed by atoms with Gasteiger partial charge in [0.05, 0.1) is 6.61 Å². The molecule has 5 heteroatoms. The number of carbonyl (C=O) groups is 1. The van der Waals surface area contributed by atoms with Crippen LogP contribution in [0.25, 0.3) is 0 Å². The number of aliphatic carboxylic acids is 1. The molecule has 0 saturated carbocycles. The lowest BCUT2D eigenvalue weighted by atomic mass is 10.1. The van der Waals surface area contributed by atoms with E-state index in [1.165, 1.54) is 0 Å². The Morgan fingerprint density at radius 1 is 1.37 bits per heavy atom. The molecule has 106 valence electrons. The molecule has 1 rings (SSSR count). The van der Waals surface area contributed by atoms with E-state index in [1.807, 2.05) is 25.9 Å². The predicted molar refractivity (Wildman–Crippen MR) is 74.5 cm³/mol. The normalized spacial score (nSPS) is 12.4. The lowest BCUT2D eigenvalue weighted by molar-refractivity contribution is -0.139. The van der Waals surface area contributed by atoms with Crippen molar-refractivity contribution in [1.82, 2.24) is 10.2 Å². The van der Waals surface area contributed by atoms with Crippen molar-refractivity contribution in [2.24, 2.45) is 0 Å². The number of carboxylic acid groups (broad SMARTS) is 1. The molecule has 0 spiro atoms. The van der Waals surface area contributed by atoms with E-state index in [2.05, 4.69) is 5.32 Å². The Kier molecular flexibility index (Phi) is 6.32. The second-order valence-corrected chi connectivity index (χ2v) is 4.53. The van der Waals surface area contributed by atoms with E-state index in [9.17, 15) is 9.90 Å². The quantitative estimate of drug-likeness (QED) is 0.744. The molecule has 0 fully saturated rings. The molecule has 1 unspecified atom stereocenters. The average Bonchev–Trinajstić information content (AvgIpc) is 2.35. The van der Waals surface area contributed by atoms with Gasteiger partial charge >= 0.3 is 5.97 Å². The van der Waals surface area contributed by atoms with Crippen LogP contribution in [-0.4, -0.2) is 49.8 Å². The summed E-state index contributed by atoms with van der Waals surface area (Å²) in [5.41, 5.74) is 0.731. The summed E-state index contributed by atoms with van der Waals surface area (Å²) in [4.78, 5) is 13.3. The molecule has 0 heterocycles.